The molecule has 0 bridgehead atoms. The second-order valence-corrected chi connectivity index (χ2v) is 7.09. The Hall–Kier alpha value is -2.35. The van der Waals surface area contributed by atoms with Crippen LogP contribution in [-0.2, 0) is 14.1 Å². The molecule has 0 aromatic carbocycles. The fourth-order valence-corrected chi connectivity index (χ4v) is 3.22. The topological polar surface area (TPSA) is 91.1 Å². The summed E-state index contributed by atoms with van der Waals surface area (Å²) in [6.45, 7) is 5.66. The Bertz CT molecular complexity index is 933. The van der Waals surface area contributed by atoms with Crippen molar-refractivity contribution in [2.45, 2.75) is 32.7 Å². The van der Waals surface area contributed by atoms with Crippen LogP contribution < -0.4 is 21.9 Å². The molecule has 2 aromatic heterocycles. The number of rotatable bonds is 3. The van der Waals surface area contributed by atoms with Crippen LogP contribution in [0.2, 0.25) is 0 Å². The second kappa shape index (κ2) is 6.51. The molecule has 0 aliphatic carbocycles. The van der Waals surface area contributed by atoms with Crippen molar-refractivity contribution in [1.82, 2.24) is 18.7 Å². The van der Waals surface area contributed by atoms with Crippen molar-refractivity contribution < 1.29 is 0 Å². The summed E-state index contributed by atoms with van der Waals surface area (Å²) in [5.74, 6) is 0.991. The molecule has 2 N–H and O–H groups in total. The lowest BCUT2D eigenvalue weighted by molar-refractivity contribution is 0.499. The number of allylic oxidation sites excluding steroid dienone is 1. The molecule has 3 rings (SSSR count). The van der Waals surface area contributed by atoms with Crippen LogP contribution in [0.25, 0.3) is 17.4 Å². The zero-order valence-corrected chi connectivity index (χ0v) is 15.3. The summed E-state index contributed by atoms with van der Waals surface area (Å²) in [5.41, 5.74) is 6.21. The van der Waals surface area contributed by atoms with Gasteiger partial charge in [0.1, 0.15) is 0 Å². The fourth-order valence-electron chi connectivity index (χ4n) is 3.22. The number of fused-ring (bicyclic) bond motifs is 1. The summed E-state index contributed by atoms with van der Waals surface area (Å²) in [6, 6.07) is 0.0859. The molecule has 0 saturated carbocycles. The first-order valence-electron chi connectivity index (χ1n) is 8.68. The molecule has 2 aromatic rings. The smallest absolute Gasteiger partial charge is 0.332 e. The highest BCUT2D eigenvalue weighted by Crippen LogP contribution is 2.23. The number of aromatic nitrogens is 4. The molecule has 1 saturated heterocycles. The lowest BCUT2D eigenvalue weighted by atomic mass is 10.1. The van der Waals surface area contributed by atoms with Crippen molar-refractivity contribution in [2.24, 2.45) is 25.7 Å². The second-order valence-electron chi connectivity index (χ2n) is 7.09. The highest BCUT2D eigenvalue weighted by Gasteiger charge is 2.25. The average molecular weight is 346 g/mol. The van der Waals surface area contributed by atoms with Crippen LogP contribution in [0.4, 0.5) is 5.95 Å². The van der Waals surface area contributed by atoms with Gasteiger partial charge in [-0.2, -0.15) is 4.98 Å². The zero-order chi connectivity index (χ0) is 18.3. The molecule has 3 heterocycles. The van der Waals surface area contributed by atoms with Crippen molar-refractivity contribution in [3.8, 4) is 0 Å². The highest BCUT2D eigenvalue weighted by atomic mass is 16.2. The maximum Gasteiger partial charge on any atom is 0.332 e. The number of aryl methyl sites for hydroxylation is 1. The van der Waals surface area contributed by atoms with E-state index in [4.69, 9.17) is 5.73 Å². The number of hydrogen-bond donors (Lipinski definition) is 1. The minimum absolute atomic E-state index is 0.0859. The Morgan fingerprint density at radius 2 is 1.96 bits per heavy atom. The number of anilines is 1. The third-order valence-electron chi connectivity index (χ3n) is 4.63. The summed E-state index contributed by atoms with van der Waals surface area (Å²) in [5, 5.41) is 0. The van der Waals surface area contributed by atoms with Crippen LogP contribution in [0, 0.1) is 5.92 Å². The molecule has 8 heteroatoms. The van der Waals surface area contributed by atoms with Gasteiger partial charge in [0.05, 0.1) is 0 Å². The van der Waals surface area contributed by atoms with E-state index in [1.807, 2.05) is 12.3 Å². The van der Waals surface area contributed by atoms with Crippen molar-refractivity contribution >= 4 is 23.3 Å². The summed E-state index contributed by atoms with van der Waals surface area (Å²) in [4.78, 5) is 31.7. The van der Waals surface area contributed by atoms with Gasteiger partial charge >= 0.3 is 5.69 Å². The molecule has 1 unspecified atom stereocenters. The number of imidazole rings is 1. The highest BCUT2D eigenvalue weighted by molar-refractivity contribution is 5.77. The van der Waals surface area contributed by atoms with E-state index in [0.29, 0.717) is 29.6 Å². The largest absolute Gasteiger partial charge is 0.340 e. The van der Waals surface area contributed by atoms with Gasteiger partial charge in [-0.25, -0.2) is 4.79 Å². The summed E-state index contributed by atoms with van der Waals surface area (Å²) in [6.07, 6.45) is 5.86. The normalized spacial score (nSPS) is 18.8. The van der Waals surface area contributed by atoms with Gasteiger partial charge in [-0.1, -0.05) is 19.9 Å². The third-order valence-corrected chi connectivity index (χ3v) is 4.63. The SMILES string of the molecule is CC(C)C=Cn1c(N2CCCC(N)C2)nc2c1c(=O)n(C)c(=O)n2C. The lowest BCUT2D eigenvalue weighted by Crippen LogP contribution is -2.43. The first-order valence-corrected chi connectivity index (χ1v) is 8.68. The van der Waals surface area contributed by atoms with E-state index >= 15 is 0 Å². The van der Waals surface area contributed by atoms with E-state index in [9.17, 15) is 9.59 Å². The van der Waals surface area contributed by atoms with Crippen LogP contribution in [0.1, 0.15) is 26.7 Å². The molecule has 0 spiro atoms. The lowest BCUT2D eigenvalue weighted by Gasteiger charge is -2.31. The molecule has 0 radical (unpaired) electrons. The standard InChI is InChI=1S/C17H26N6O2/c1-11(2)7-9-23-13-14(20(3)17(25)21(4)15(13)24)19-16(23)22-8-5-6-12(18)10-22/h7,9,11-12H,5-6,8,10,18H2,1-4H3. The van der Waals surface area contributed by atoms with Gasteiger partial charge in [-0.15, -0.1) is 0 Å². The number of hydrogen-bond acceptors (Lipinski definition) is 5. The molecule has 1 fully saturated rings. The van der Waals surface area contributed by atoms with Gasteiger partial charge in [-0.3, -0.25) is 18.5 Å². The fraction of sp³-hybridized carbons (Fsp3) is 0.588. The van der Waals surface area contributed by atoms with Crippen LogP contribution in [0.3, 0.4) is 0 Å². The van der Waals surface area contributed by atoms with E-state index in [2.05, 4.69) is 23.7 Å². The van der Waals surface area contributed by atoms with E-state index in [-0.39, 0.29) is 17.3 Å². The maximum absolute atomic E-state index is 12.7. The Morgan fingerprint density at radius 3 is 2.60 bits per heavy atom. The first kappa shape index (κ1) is 17.5. The Labute approximate surface area is 146 Å². The van der Waals surface area contributed by atoms with Crippen LogP contribution >= 0.6 is 0 Å². The summed E-state index contributed by atoms with van der Waals surface area (Å²) >= 11 is 0. The Morgan fingerprint density at radius 1 is 1.24 bits per heavy atom. The predicted octanol–water partition coefficient (Wildman–Crippen LogP) is 0.488. The van der Waals surface area contributed by atoms with Gasteiger partial charge in [0.15, 0.2) is 11.2 Å². The van der Waals surface area contributed by atoms with E-state index in [1.165, 1.54) is 11.6 Å². The summed E-state index contributed by atoms with van der Waals surface area (Å²) < 4.78 is 4.34. The van der Waals surface area contributed by atoms with Gasteiger partial charge < -0.3 is 10.6 Å². The number of nitrogens with zero attached hydrogens (tertiary/aromatic N) is 5. The van der Waals surface area contributed by atoms with Crippen molar-refractivity contribution in [2.75, 3.05) is 18.0 Å². The van der Waals surface area contributed by atoms with Crippen molar-refractivity contribution in [3.05, 3.63) is 26.9 Å². The average Bonchev–Trinajstić information content (AvgIpc) is 2.96. The molecular weight excluding hydrogens is 320 g/mol. The molecule has 136 valence electrons. The number of nitrogens with two attached hydrogens (primary N) is 1. The van der Waals surface area contributed by atoms with Crippen LogP contribution in [0.15, 0.2) is 15.7 Å². The minimum atomic E-state index is -0.378. The van der Waals surface area contributed by atoms with E-state index in [0.717, 1.165) is 24.0 Å². The van der Waals surface area contributed by atoms with Gasteiger partial charge in [0.2, 0.25) is 5.95 Å². The molecule has 25 heavy (non-hydrogen) atoms. The molecular formula is C17H26N6O2. The van der Waals surface area contributed by atoms with Crippen LogP contribution in [-0.4, -0.2) is 37.8 Å². The van der Waals surface area contributed by atoms with Gasteiger partial charge in [0.25, 0.3) is 5.56 Å². The Balaban J connectivity index is 2.30. The van der Waals surface area contributed by atoms with Crippen molar-refractivity contribution in [1.29, 1.82) is 0 Å². The molecule has 1 aliphatic rings. The maximum atomic E-state index is 12.7. The van der Waals surface area contributed by atoms with Crippen molar-refractivity contribution in [3.63, 3.8) is 0 Å². The molecule has 0 amide bonds. The summed E-state index contributed by atoms with van der Waals surface area (Å²) in [7, 11) is 3.13. The quantitative estimate of drug-likeness (QED) is 0.873. The first-order chi connectivity index (χ1) is 11.8. The monoisotopic (exact) mass is 346 g/mol. The number of piperidine rings is 1. The zero-order valence-electron chi connectivity index (χ0n) is 15.3. The molecule has 1 aliphatic heterocycles. The predicted molar refractivity (Wildman–Crippen MR) is 99.8 cm³/mol. The van der Waals surface area contributed by atoms with Gasteiger partial charge in [0, 0.05) is 39.4 Å². The molecule has 1 atom stereocenters. The van der Waals surface area contributed by atoms with Crippen LogP contribution in [0.5, 0.6) is 0 Å². The third kappa shape index (κ3) is 3.02. The van der Waals surface area contributed by atoms with Gasteiger partial charge in [-0.05, 0) is 18.8 Å². The van der Waals surface area contributed by atoms with E-state index < -0.39 is 0 Å². The minimum Gasteiger partial charge on any atom is -0.340 e. The molecule has 8 nitrogen and oxygen atoms in total. The van der Waals surface area contributed by atoms with E-state index in [1.54, 1.807) is 11.6 Å². The Kier molecular flexibility index (Phi) is 4.55.